The van der Waals surface area contributed by atoms with Gasteiger partial charge >= 0.3 is 5.97 Å². The smallest absolute Gasteiger partial charge is 0.333 e. The van der Waals surface area contributed by atoms with Crippen molar-refractivity contribution in [2.24, 2.45) is 17.3 Å². The lowest BCUT2D eigenvalue weighted by Crippen LogP contribution is -2.51. The van der Waals surface area contributed by atoms with E-state index in [2.05, 4.69) is 26.8 Å². The Morgan fingerprint density at radius 3 is 2.84 bits per heavy atom. The van der Waals surface area contributed by atoms with Gasteiger partial charge in [-0.05, 0) is 37.0 Å². The number of ether oxygens (including phenoxy) is 2. The quantitative estimate of drug-likeness (QED) is 0.537. The number of rotatable bonds is 1. The van der Waals surface area contributed by atoms with E-state index in [-0.39, 0.29) is 11.4 Å². The lowest BCUT2D eigenvalue weighted by molar-refractivity contribution is -0.214. The standard InChI is InChI=1S/C16H22O3/c1-10-5-6-12-11(7-10)9-16(18-4)13(15(12,2)3)8-14(17)19-16/h7-8,11-12H,5-6,9H2,1-4H3/t11-,12-,16+/m1/s1. The molecule has 0 aromatic heterocycles. The number of hydrogen-bond acceptors (Lipinski definition) is 3. The number of allylic oxidation sites excluding steroid dienone is 2. The molecule has 104 valence electrons. The lowest BCUT2D eigenvalue weighted by atomic mass is 9.56. The summed E-state index contributed by atoms with van der Waals surface area (Å²) in [5, 5.41) is 0. The molecule has 0 N–H and O–H groups in total. The molecule has 0 radical (unpaired) electrons. The minimum Gasteiger partial charge on any atom is -0.426 e. The molecule has 0 unspecified atom stereocenters. The second-order valence-electron chi connectivity index (χ2n) is 6.68. The molecule has 0 spiro atoms. The van der Waals surface area contributed by atoms with E-state index in [1.54, 1.807) is 13.2 Å². The maximum Gasteiger partial charge on any atom is 0.333 e. The average Bonchev–Trinajstić information content (AvgIpc) is 2.67. The monoisotopic (exact) mass is 262 g/mol. The van der Waals surface area contributed by atoms with E-state index in [1.165, 1.54) is 12.0 Å². The molecule has 1 fully saturated rings. The van der Waals surface area contributed by atoms with Crippen molar-refractivity contribution in [2.45, 2.75) is 45.8 Å². The Kier molecular flexibility index (Phi) is 2.69. The van der Waals surface area contributed by atoms with Gasteiger partial charge in [-0.1, -0.05) is 25.5 Å². The second kappa shape index (κ2) is 3.95. The fourth-order valence-corrected chi connectivity index (χ4v) is 4.31. The lowest BCUT2D eigenvalue weighted by Gasteiger charge is -2.52. The Balaban J connectivity index is 2.08. The number of hydrogen-bond donors (Lipinski definition) is 0. The van der Waals surface area contributed by atoms with E-state index in [9.17, 15) is 4.79 Å². The summed E-state index contributed by atoms with van der Waals surface area (Å²) in [4.78, 5) is 11.7. The van der Waals surface area contributed by atoms with Gasteiger partial charge in [0.15, 0.2) is 0 Å². The Morgan fingerprint density at radius 2 is 2.16 bits per heavy atom. The van der Waals surface area contributed by atoms with E-state index in [4.69, 9.17) is 9.47 Å². The third-order valence-electron chi connectivity index (χ3n) is 5.26. The summed E-state index contributed by atoms with van der Waals surface area (Å²) in [6.07, 6.45) is 7.12. The average molecular weight is 262 g/mol. The van der Waals surface area contributed by atoms with Gasteiger partial charge in [-0.25, -0.2) is 4.79 Å². The van der Waals surface area contributed by atoms with Crippen LogP contribution >= 0.6 is 0 Å². The Hall–Kier alpha value is -1.09. The molecule has 3 atom stereocenters. The first kappa shape index (κ1) is 12.9. The molecule has 0 aromatic carbocycles. The minimum absolute atomic E-state index is 0.0533. The molecule has 1 heterocycles. The highest BCUT2D eigenvalue weighted by Crippen LogP contribution is 2.58. The maximum atomic E-state index is 11.7. The third kappa shape index (κ3) is 1.71. The number of carbonyl (C=O) groups is 1. The molecular weight excluding hydrogens is 240 g/mol. The zero-order valence-electron chi connectivity index (χ0n) is 12.2. The fourth-order valence-electron chi connectivity index (χ4n) is 4.31. The van der Waals surface area contributed by atoms with E-state index in [0.717, 1.165) is 18.4 Å². The molecule has 0 saturated heterocycles. The van der Waals surface area contributed by atoms with Crippen LogP contribution in [0.15, 0.2) is 23.3 Å². The van der Waals surface area contributed by atoms with Crippen molar-refractivity contribution in [1.29, 1.82) is 0 Å². The van der Waals surface area contributed by atoms with Gasteiger partial charge in [-0.2, -0.15) is 0 Å². The third-order valence-corrected chi connectivity index (χ3v) is 5.26. The molecule has 3 heteroatoms. The molecular formula is C16H22O3. The summed E-state index contributed by atoms with van der Waals surface area (Å²) < 4.78 is 11.2. The van der Waals surface area contributed by atoms with Gasteiger partial charge in [0.1, 0.15) is 0 Å². The van der Waals surface area contributed by atoms with Crippen LogP contribution in [0.3, 0.4) is 0 Å². The molecule has 0 amide bonds. The summed E-state index contributed by atoms with van der Waals surface area (Å²) in [7, 11) is 1.64. The highest BCUT2D eigenvalue weighted by Gasteiger charge is 2.58. The van der Waals surface area contributed by atoms with Crippen LogP contribution < -0.4 is 0 Å². The largest absolute Gasteiger partial charge is 0.426 e. The molecule has 1 saturated carbocycles. The highest BCUT2D eigenvalue weighted by atomic mass is 16.7. The number of methoxy groups -OCH3 is 1. The minimum atomic E-state index is -0.824. The summed E-state index contributed by atoms with van der Waals surface area (Å²) in [5.41, 5.74) is 2.42. The number of esters is 1. The Bertz CT molecular complexity index is 486. The van der Waals surface area contributed by atoms with Crippen LogP contribution in [0.5, 0.6) is 0 Å². The number of fused-ring (bicyclic) bond motifs is 2. The highest BCUT2D eigenvalue weighted by molar-refractivity contribution is 5.87. The first-order chi connectivity index (χ1) is 8.89. The van der Waals surface area contributed by atoms with Gasteiger partial charge in [0, 0.05) is 25.2 Å². The molecule has 2 aliphatic carbocycles. The molecule has 1 aliphatic heterocycles. The SMILES string of the molecule is CO[C@]12C[C@H]3C=C(C)CC[C@H]3C(C)(C)C1=CC(=O)O2. The molecule has 3 nitrogen and oxygen atoms in total. The first-order valence-corrected chi connectivity index (χ1v) is 7.07. The van der Waals surface area contributed by atoms with Crippen LogP contribution in [-0.4, -0.2) is 18.9 Å². The molecule has 0 bridgehead atoms. The summed E-state index contributed by atoms with van der Waals surface area (Å²) in [5.74, 6) is -0.0770. The van der Waals surface area contributed by atoms with Crippen LogP contribution in [0.25, 0.3) is 0 Å². The van der Waals surface area contributed by atoms with Gasteiger partial charge in [0.25, 0.3) is 0 Å². The Morgan fingerprint density at radius 1 is 1.42 bits per heavy atom. The van der Waals surface area contributed by atoms with Crippen LogP contribution in [0, 0.1) is 17.3 Å². The number of carbonyl (C=O) groups excluding carboxylic acids is 1. The summed E-state index contributed by atoms with van der Waals surface area (Å²) >= 11 is 0. The molecule has 3 aliphatic rings. The molecule has 0 aromatic rings. The first-order valence-electron chi connectivity index (χ1n) is 7.07. The van der Waals surface area contributed by atoms with Gasteiger partial charge in [-0.15, -0.1) is 0 Å². The zero-order chi connectivity index (χ0) is 13.8. The van der Waals surface area contributed by atoms with Crippen molar-refractivity contribution in [1.82, 2.24) is 0 Å². The van der Waals surface area contributed by atoms with E-state index >= 15 is 0 Å². The Labute approximate surface area is 114 Å². The predicted octanol–water partition coefficient (Wildman–Crippen LogP) is 3.21. The molecule has 3 rings (SSSR count). The van der Waals surface area contributed by atoms with Crippen molar-refractivity contribution >= 4 is 5.97 Å². The van der Waals surface area contributed by atoms with Crippen LogP contribution in [0.4, 0.5) is 0 Å². The van der Waals surface area contributed by atoms with E-state index in [1.807, 2.05) is 0 Å². The summed E-state index contributed by atoms with van der Waals surface area (Å²) in [6, 6.07) is 0. The predicted molar refractivity (Wildman–Crippen MR) is 72.3 cm³/mol. The van der Waals surface area contributed by atoms with Crippen molar-refractivity contribution < 1.29 is 14.3 Å². The molecule has 19 heavy (non-hydrogen) atoms. The van der Waals surface area contributed by atoms with Gasteiger partial charge < -0.3 is 9.47 Å². The van der Waals surface area contributed by atoms with Crippen LogP contribution in [-0.2, 0) is 14.3 Å². The van der Waals surface area contributed by atoms with Crippen LogP contribution in [0.1, 0.15) is 40.0 Å². The fraction of sp³-hybridized carbons (Fsp3) is 0.688. The van der Waals surface area contributed by atoms with Gasteiger partial charge in [0.2, 0.25) is 5.79 Å². The second-order valence-corrected chi connectivity index (χ2v) is 6.68. The summed E-state index contributed by atoms with van der Waals surface area (Å²) in [6.45, 7) is 6.63. The van der Waals surface area contributed by atoms with Crippen molar-refractivity contribution in [2.75, 3.05) is 7.11 Å². The van der Waals surface area contributed by atoms with Crippen LogP contribution in [0.2, 0.25) is 0 Å². The topological polar surface area (TPSA) is 35.5 Å². The van der Waals surface area contributed by atoms with Crippen molar-refractivity contribution in [3.63, 3.8) is 0 Å². The maximum absolute atomic E-state index is 11.7. The van der Waals surface area contributed by atoms with E-state index in [0.29, 0.717) is 11.8 Å². The van der Waals surface area contributed by atoms with Gasteiger partial charge in [-0.3, -0.25) is 0 Å². The van der Waals surface area contributed by atoms with E-state index < -0.39 is 5.79 Å². The zero-order valence-corrected chi connectivity index (χ0v) is 12.2. The van der Waals surface area contributed by atoms with Gasteiger partial charge in [0.05, 0.1) is 0 Å². The normalized spacial score (nSPS) is 39.9. The van der Waals surface area contributed by atoms with Crippen molar-refractivity contribution in [3.05, 3.63) is 23.3 Å². The van der Waals surface area contributed by atoms with Crippen molar-refractivity contribution in [3.8, 4) is 0 Å².